The topological polar surface area (TPSA) is 55.4 Å². The molecule has 3 rings (SSSR count). The van der Waals surface area contributed by atoms with Crippen molar-refractivity contribution in [2.24, 2.45) is 0 Å². The molecule has 1 amide bonds. The van der Waals surface area contributed by atoms with Gasteiger partial charge in [0.15, 0.2) is 0 Å². The van der Waals surface area contributed by atoms with E-state index in [0.717, 1.165) is 16.7 Å². The number of anilines is 1. The highest BCUT2D eigenvalue weighted by molar-refractivity contribution is 7.15. The Labute approximate surface area is 166 Å². The average molecular weight is 400 g/mol. The van der Waals surface area contributed by atoms with E-state index in [1.807, 2.05) is 43.5 Å². The van der Waals surface area contributed by atoms with Gasteiger partial charge in [-0.3, -0.25) is 4.79 Å². The maximum atomic E-state index is 12.7. The molecule has 6 heteroatoms. The van der Waals surface area contributed by atoms with Gasteiger partial charge in [-0.2, -0.15) is 0 Å². The number of esters is 1. The molecule has 138 valence electrons. The fourth-order valence-corrected chi connectivity index (χ4v) is 3.73. The molecule has 0 aliphatic rings. The Hall–Kier alpha value is -2.63. The van der Waals surface area contributed by atoms with Crippen LogP contribution < -0.4 is 5.32 Å². The SMILES string of the molecule is COC(=O)c1c(-c2ccc(Cl)cc2)csc1NC(=O)c1ccc(C)c(C)c1. The molecule has 0 aliphatic heterocycles. The summed E-state index contributed by atoms with van der Waals surface area (Å²) in [7, 11) is 1.32. The van der Waals surface area contributed by atoms with Gasteiger partial charge in [-0.15, -0.1) is 11.3 Å². The lowest BCUT2D eigenvalue weighted by Crippen LogP contribution is -2.14. The number of carbonyl (C=O) groups is 2. The predicted molar refractivity (Wildman–Crippen MR) is 110 cm³/mol. The molecule has 0 spiro atoms. The number of nitrogens with one attached hydrogen (secondary N) is 1. The van der Waals surface area contributed by atoms with E-state index in [2.05, 4.69) is 5.32 Å². The quantitative estimate of drug-likeness (QED) is 0.570. The Bertz CT molecular complexity index is 1010. The highest BCUT2D eigenvalue weighted by atomic mass is 35.5. The second-order valence-electron chi connectivity index (χ2n) is 6.11. The summed E-state index contributed by atoms with van der Waals surface area (Å²) in [5, 5.41) is 5.73. The highest BCUT2D eigenvalue weighted by Crippen LogP contribution is 2.36. The monoisotopic (exact) mass is 399 g/mol. The van der Waals surface area contributed by atoms with Gasteiger partial charge in [0.2, 0.25) is 0 Å². The van der Waals surface area contributed by atoms with Crippen LogP contribution in [0.2, 0.25) is 5.02 Å². The third kappa shape index (κ3) is 4.04. The van der Waals surface area contributed by atoms with Gasteiger partial charge in [0.05, 0.1) is 7.11 Å². The van der Waals surface area contributed by atoms with Gasteiger partial charge in [-0.25, -0.2) is 4.79 Å². The Kier molecular flexibility index (Phi) is 5.63. The van der Waals surface area contributed by atoms with Crippen molar-refractivity contribution in [2.75, 3.05) is 12.4 Å². The summed E-state index contributed by atoms with van der Waals surface area (Å²) in [4.78, 5) is 25.0. The van der Waals surface area contributed by atoms with Crippen LogP contribution in [0, 0.1) is 13.8 Å². The molecular formula is C21H18ClNO3S. The van der Waals surface area contributed by atoms with Crippen LogP contribution in [0.4, 0.5) is 5.00 Å². The van der Waals surface area contributed by atoms with E-state index in [0.29, 0.717) is 26.7 Å². The third-order valence-electron chi connectivity index (χ3n) is 4.33. The van der Waals surface area contributed by atoms with Crippen molar-refractivity contribution in [3.05, 3.63) is 75.1 Å². The molecular weight excluding hydrogens is 382 g/mol. The Morgan fingerprint density at radius 2 is 1.74 bits per heavy atom. The minimum Gasteiger partial charge on any atom is -0.465 e. The number of ether oxygens (including phenoxy) is 1. The number of thiophene rings is 1. The van der Waals surface area contributed by atoms with Gasteiger partial charge < -0.3 is 10.1 Å². The molecule has 1 aromatic heterocycles. The van der Waals surface area contributed by atoms with Crippen LogP contribution >= 0.6 is 22.9 Å². The summed E-state index contributed by atoms with van der Waals surface area (Å²) >= 11 is 7.23. The number of rotatable bonds is 4. The van der Waals surface area contributed by atoms with Gasteiger partial charge in [0, 0.05) is 21.5 Å². The van der Waals surface area contributed by atoms with Gasteiger partial charge in [0.25, 0.3) is 5.91 Å². The molecule has 0 aliphatic carbocycles. The van der Waals surface area contributed by atoms with Crippen LogP contribution in [0.1, 0.15) is 31.8 Å². The Balaban J connectivity index is 1.97. The number of hydrogen-bond acceptors (Lipinski definition) is 4. The minimum absolute atomic E-state index is 0.271. The summed E-state index contributed by atoms with van der Waals surface area (Å²) in [6.07, 6.45) is 0. The summed E-state index contributed by atoms with van der Waals surface area (Å²) in [5.74, 6) is -0.774. The van der Waals surface area contributed by atoms with E-state index in [1.165, 1.54) is 18.4 Å². The Morgan fingerprint density at radius 3 is 2.37 bits per heavy atom. The van der Waals surface area contributed by atoms with Crippen molar-refractivity contribution in [3.63, 3.8) is 0 Å². The zero-order valence-electron chi connectivity index (χ0n) is 15.1. The second-order valence-corrected chi connectivity index (χ2v) is 7.42. The van der Waals surface area contributed by atoms with E-state index < -0.39 is 5.97 Å². The van der Waals surface area contributed by atoms with Crippen LogP contribution in [0.3, 0.4) is 0 Å². The standard InChI is InChI=1S/C21H18ClNO3S/c1-12-4-5-15(10-13(12)2)19(24)23-20-18(21(25)26-3)17(11-27-20)14-6-8-16(22)9-7-14/h4-11H,1-3H3,(H,23,24). The lowest BCUT2D eigenvalue weighted by molar-refractivity contribution is 0.0603. The molecule has 0 saturated carbocycles. The number of benzene rings is 2. The van der Waals surface area contributed by atoms with Gasteiger partial charge in [-0.1, -0.05) is 29.8 Å². The molecule has 0 atom stereocenters. The number of hydrogen-bond donors (Lipinski definition) is 1. The maximum absolute atomic E-state index is 12.7. The smallest absolute Gasteiger partial charge is 0.341 e. The first-order valence-electron chi connectivity index (χ1n) is 8.25. The van der Waals surface area contributed by atoms with E-state index >= 15 is 0 Å². The lowest BCUT2D eigenvalue weighted by atomic mass is 10.0. The van der Waals surface area contributed by atoms with E-state index in [4.69, 9.17) is 16.3 Å². The number of amides is 1. The molecule has 3 aromatic rings. The molecule has 0 fully saturated rings. The molecule has 0 unspecified atom stereocenters. The second kappa shape index (κ2) is 7.94. The van der Waals surface area contributed by atoms with Gasteiger partial charge in [0.1, 0.15) is 10.6 Å². The zero-order valence-corrected chi connectivity index (χ0v) is 16.7. The van der Waals surface area contributed by atoms with E-state index in [9.17, 15) is 9.59 Å². The van der Waals surface area contributed by atoms with Crippen LogP contribution in [0.25, 0.3) is 11.1 Å². The maximum Gasteiger partial charge on any atom is 0.341 e. The Morgan fingerprint density at radius 1 is 1.04 bits per heavy atom. The molecule has 4 nitrogen and oxygen atoms in total. The molecule has 0 bridgehead atoms. The summed E-state index contributed by atoms with van der Waals surface area (Å²) in [5.41, 5.74) is 4.53. The third-order valence-corrected chi connectivity index (χ3v) is 5.48. The highest BCUT2D eigenvalue weighted by Gasteiger charge is 2.22. The van der Waals surface area contributed by atoms with Crippen LogP contribution in [0.15, 0.2) is 47.8 Å². The zero-order chi connectivity index (χ0) is 19.6. The first kappa shape index (κ1) is 19.1. The largest absolute Gasteiger partial charge is 0.465 e. The fourth-order valence-electron chi connectivity index (χ4n) is 2.65. The van der Waals surface area contributed by atoms with Crippen LogP contribution in [0.5, 0.6) is 0 Å². The van der Waals surface area contributed by atoms with Crippen molar-refractivity contribution in [1.29, 1.82) is 0 Å². The fraction of sp³-hybridized carbons (Fsp3) is 0.143. The van der Waals surface area contributed by atoms with Crippen molar-refractivity contribution in [2.45, 2.75) is 13.8 Å². The van der Waals surface area contributed by atoms with Crippen molar-refractivity contribution in [1.82, 2.24) is 0 Å². The number of aryl methyl sites for hydroxylation is 2. The molecule has 2 aromatic carbocycles. The average Bonchev–Trinajstić information content (AvgIpc) is 3.07. The first-order chi connectivity index (χ1) is 12.9. The van der Waals surface area contributed by atoms with Crippen LogP contribution in [-0.4, -0.2) is 19.0 Å². The van der Waals surface area contributed by atoms with Crippen LogP contribution in [-0.2, 0) is 4.74 Å². The normalized spacial score (nSPS) is 10.5. The molecule has 1 N–H and O–H groups in total. The summed E-state index contributed by atoms with van der Waals surface area (Å²) < 4.78 is 4.93. The first-order valence-corrected chi connectivity index (χ1v) is 9.51. The van der Waals surface area contributed by atoms with Gasteiger partial charge in [-0.05, 0) is 54.8 Å². The molecule has 1 heterocycles. The molecule has 0 radical (unpaired) electrons. The predicted octanol–water partition coefficient (Wildman–Crippen LogP) is 5.72. The molecule has 27 heavy (non-hydrogen) atoms. The van der Waals surface area contributed by atoms with E-state index in [-0.39, 0.29) is 5.91 Å². The molecule has 0 saturated heterocycles. The summed E-state index contributed by atoms with van der Waals surface area (Å²) in [6, 6.07) is 12.7. The summed E-state index contributed by atoms with van der Waals surface area (Å²) in [6.45, 7) is 3.94. The number of halogens is 1. The lowest BCUT2D eigenvalue weighted by Gasteiger charge is -2.09. The van der Waals surface area contributed by atoms with Crippen molar-refractivity contribution < 1.29 is 14.3 Å². The minimum atomic E-state index is -0.503. The van der Waals surface area contributed by atoms with Gasteiger partial charge >= 0.3 is 5.97 Å². The number of carbonyl (C=O) groups excluding carboxylic acids is 2. The number of methoxy groups -OCH3 is 1. The van der Waals surface area contributed by atoms with Crippen molar-refractivity contribution >= 4 is 39.8 Å². The van der Waals surface area contributed by atoms with E-state index in [1.54, 1.807) is 18.2 Å². The van der Waals surface area contributed by atoms with Crippen molar-refractivity contribution in [3.8, 4) is 11.1 Å².